The lowest BCUT2D eigenvalue weighted by atomic mass is 10.1. The molecule has 1 aromatic carbocycles. The first kappa shape index (κ1) is 15.8. The monoisotopic (exact) mass is 318 g/mol. The summed E-state index contributed by atoms with van der Waals surface area (Å²) in [6.45, 7) is 0. The fourth-order valence-corrected chi connectivity index (χ4v) is 1.71. The van der Waals surface area contributed by atoms with Crippen LogP contribution in [0.3, 0.4) is 0 Å². The number of benzene rings is 1. The lowest BCUT2D eigenvalue weighted by Crippen LogP contribution is -2.14. The number of hydrogen-bond acceptors (Lipinski definition) is 6. The number of aromatic hydroxyl groups is 2. The van der Waals surface area contributed by atoms with Gasteiger partial charge in [0.15, 0.2) is 0 Å². The highest BCUT2D eigenvalue weighted by Crippen LogP contribution is 2.27. The maximum Gasteiger partial charge on any atom is 0.339 e. The molecule has 0 unspecified atom stereocenters. The molecule has 0 saturated heterocycles. The van der Waals surface area contributed by atoms with Crippen molar-refractivity contribution in [3.63, 3.8) is 0 Å². The van der Waals surface area contributed by atoms with Gasteiger partial charge in [0.25, 0.3) is 5.91 Å². The van der Waals surface area contributed by atoms with E-state index in [9.17, 15) is 24.6 Å². The number of nitrogens with zero attached hydrogens (tertiary/aromatic N) is 1. The third-order valence-corrected chi connectivity index (χ3v) is 2.84. The number of aromatic nitrogens is 1. The van der Waals surface area contributed by atoms with Crippen LogP contribution in [-0.4, -0.2) is 43.3 Å². The Hall–Kier alpha value is -3.62. The minimum absolute atomic E-state index is 0.0150. The number of pyridine rings is 1. The van der Waals surface area contributed by atoms with Crippen molar-refractivity contribution in [1.82, 2.24) is 4.98 Å². The summed E-state index contributed by atoms with van der Waals surface area (Å²) >= 11 is 0. The predicted molar refractivity (Wildman–Crippen MR) is 75.9 cm³/mol. The van der Waals surface area contributed by atoms with Gasteiger partial charge in [0, 0.05) is 6.20 Å². The van der Waals surface area contributed by atoms with Crippen LogP contribution in [0.15, 0.2) is 30.5 Å². The van der Waals surface area contributed by atoms with Crippen LogP contribution in [0.2, 0.25) is 0 Å². The number of hydrogen-bond donors (Lipinski definition) is 5. The zero-order valence-electron chi connectivity index (χ0n) is 11.3. The van der Waals surface area contributed by atoms with E-state index in [-0.39, 0.29) is 16.9 Å². The van der Waals surface area contributed by atoms with E-state index < -0.39 is 34.9 Å². The lowest BCUT2D eigenvalue weighted by molar-refractivity contribution is 0.0683. The normalized spacial score (nSPS) is 10.1. The van der Waals surface area contributed by atoms with Crippen molar-refractivity contribution in [3.8, 4) is 11.5 Å². The van der Waals surface area contributed by atoms with E-state index in [0.717, 1.165) is 18.3 Å². The van der Waals surface area contributed by atoms with Crippen molar-refractivity contribution in [2.24, 2.45) is 0 Å². The van der Waals surface area contributed by atoms with Gasteiger partial charge in [-0.3, -0.25) is 4.79 Å². The van der Waals surface area contributed by atoms with E-state index in [0.29, 0.717) is 0 Å². The molecule has 0 bridgehead atoms. The summed E-state index contributed by atoms with van der Waals surface area (Å²) in [6, 6.07) is 4.01. The molecule has 0 aliphatic heterocycles. The minimum atomic E-state index is -1.46. The van der Waals surface area contributed by atoms with Crippen molar-refractivity contribution < 1.29 is 34.8 Å². The third-order valence-electron chi connectivity index (χ3n) is 2.84. The molecule has 5 N–H and O–H groups in total. The number of aromatic carboxylic acids is 2. The number of anilines is 1. The fraction of sp³-hybridized carbons (Fsp3) is 0. The molecule has 0 saturated carbocycles. The van der Waals surface area contributed by atoms with Crippen LogP contribution >= 0.6 is 0 Å². The molecule has 0 aliphatic rings. The van der Waals surface area contributed by atoms with E-state index in [1.54, 1.807) is 0 Å². The van der Waals surface area contributed by atoms with Crippen LogP contribution in [0.4, 0.5) is 5.82 Å². The highest BCUT2D eigenvalue weighted by molar-refractivity contribution is 6.07. The van der Waals surface area contributed by atoms with Crippen LogP contribution in [0.25, 0.3) is 0 Å². The molecule has 0 atom stereocenters. The maximum absolute atomic E-state index is 12.0. The lowest BCUT2D eigenvalue weighted by Gasteiger charge is -2.08. The first-order valence-electron chi connectivity index (χ1n) is 6.09. The Bertz CT molecular complexity index is 800. The minimum Gasteiger partial charge on any atom is -0.507 e. The maximum atomic E-state index is 12.0. The summed E-state index contributed by atoms with van der Waals surface area (Å²) in [7, 11) is 0. The second-order valence-electron chi connectivity index (χ2n) is 4.38. The fourth-order valence-electron chi connectivity index (χ4n) is 1.71. The first-order chi connectivity index (χ1) is 10.8. The number of carboxylic acids is 2. The molecule has 1 heterocycles. The van der Waals surface area contributed by atoms with Gasteiger partial charge in [0.05, 0.1) is 11.1 Å². The van der Waals surface area contributed by atoms with E-state index in [1.165, 1.54) is 12.1 Å². The summed E-state index contributed by atoms with van der Waals surface area (Å²) < 4.78 is 0. The van der Waals surface area contributed by atoms with Crippen LogP contribution < -0.4 is 5.32 Å². The zero-order chi connectivity index (χ0) is 17.1. The number of carbonyl (C=O) groups is 3. The number of phenolic OH excluding ortho intramolecular Hbond substituents is 1. The number of amides is 1. The summed E-state index contributed by atoms with van der Waals surface area (Å²) in [6.07, 6.45) is 1.03. The molecule has 23 heavy (non-hydrogen) atoms. The molecule has 0 aliphatic carbocycles. The van der Waals surface area contributed by atoms with Crippen LogP contribution in [0, 0.1) is 0 Å². The van der Waals surface area contributed by atoms with E-state index in [1.807, 2.05) is 0 Å². The molecule has 9 nitrogen and oxygen atoms in total. The van der Waals surface area contributed by atoms with Crippen molar-refractivity contribution in [1.29, 1.82) is 0 Å². The van der Waals surface area contributed by atoms with Gasteiger partial charge in [0.2, 0.25) is 0 Å². The highest BCUT2D eigenvalue weighted by Gasteiger charge is 2.19. The number of carboxylic acid groups (broad SMARTS) is 2. The van der Waals surface area contributed by atoms with Crippen LogP contribution in [0.1, 0.15) is 31.1 Å². The number of nitrogens with one attached hydrogen (secondary N) is 1. The smallest absolute Gasteiger partial charge is 0.339 e. The molecule has 9 heteroatoms. The van der Waals surface area contributed by atoms with Gasteiger partial charge >= 0.3 is 11.9 Å². The van der Waals surface area contributed by atoms with Gasteiger partial charge in [-0.05, 0) is 24.3 Å². The number of carbonyl (C=O) groups excluding carboxylic acids is 1. The quantitative estimate of drug-likeness (QED) is 0.525. The molecular formula is C14H10N2O7. The van der Waals surface area contributed by atoms with Crippen molar-refractivity contribution in [3.05, 3.63) is 47.2 Å². The van der Waals surface area contributed by atoms with Gasteiger partial charge < -0.3 is 25.7 Å². The van der Waals surface area contributed by atoms with Gasteiger partial charge in [-0.15, -0.1) is 0 Å². The Morgan fingerprint density at radius 3 is 2.04 bits per heavy atom. The molecule has 0 radical (unpaired) electrons. The standard InChI is InChI=1S/C14H10N2O7/c17-9-4-8(14(22)23)10(18)3-7(9)12(19)16-11-2-1-6(5-15-11)13(20)21/h1-5,17-18H,(H,20,21)(H,22,23)(H,15,16,19). The summed E-state index contributed by atoms with van der Waals surface area (Å²) in [5, 5.41) is 39.1. The summed E-state index contributed by atoms with van der Waals surface area (Å²) in [5.74, 6) is -4.81. The molecule has 2 rings (SSSR count). The molecule has 1 aromatic heterocycles. The van der Waals surface area contributed by atoms with Gasteiger partial charge in [-0.25, -0.2) is 14.6 Å². The van der Waals surface area contributed by atoms with Gasteiger partial charge in [-0.1, -0.05) is 0 Å². The number of phenols is 2. The zero-order valence-corrected chi connectivity index (χ0v) is 11.3. The van der Waals surface area contributed by atoms with Gasteiger partial charge in [0.1, 0.15) is 22.9 Å². The second kappa shape index (κ2) is 6.02. The molecular weight excluding hydrogens is 308 g/mol. The highest BCUT2D eigenvalue weighted by atomic mass is 16.4. The van der Waals surface area contributed by atoms with E-state index >= 15 is 0 Å². The van der Waals surface area contributed by atoms with Gasteiger partial charge in [-0.2, -0.15) is 0 Å². The predicted octanol–water partition coefficient (Wildman–Crippen LogP) is 1.14. The Balaban J connectivity index is 2.25. The Labute approximate surface area is 128 Å². The van der Waals surface area contributed by atoms with Crippen molar-refractivity contribution in [2.75, 3.05) is 5.32 Å². The summed E-state index contributed by atoms with van der Waals surface area (Å²) in [5.41, 5.74) is -0.992. The molecule has 2 aromatic rings. The van der Waals surface area contributed by atoms with E-state index in [2.05, 4.69) is 10.3 Å². The van der Waals surface area contributed by atoms with Crippen molar-refractivity contribution in [2.45, 2.75) is 0 Å². The second-order valence-corrected chi connectivity index (χ2v) is 4.38. The van der Waals surface area contributed by atoms with Crippen LogP contribution in [-0.2, 0) is 0 Å². The van der Waals surface area contributed by atoms with Crippen molar-refractivity contribution >= 4 is 23.7 Å². The Morgan fingerprint density at radius 1 is 0.913 bits per heavy atom. The largest absolute Gasteiger partial charge is 0.507 e. The molecule has 0 fully saturated rings. The molecule has 1 amide bonds. The van der Waals surface area contributed by atoms with E-state index in [4.69, 9.17) is 10.2 Å². The number of rotatable bonds is 4. The topological polar surface area (TPSA) is 157 Å². The Kier molecular flexibility index (Phi) is 4.12. The average Bonchev–Trinajstić information content (AvgIpc) is 2.49. The SMILES string of the molecule is O=C(O)c1ccc(NC(=O)c2cc(O)c(C(=O)O)cc2O)nc1. The average molecular weight is 318 g/mol. The summed E-state index contributed by atoms with van der Waals surface area (Å²) in [4.78, 5) is 37.2. The molecule has 0 spiro atoms. The van der Waals surface area contributed by atoms with Crippen LogP contribution in [0.5, 0.6) is 11.5 Å². The third kappa shape index (κ3) is 3.35. The first-order valence-corrected chi connectivity index (χ1v) is 6.09. The molecule has 118 valence electrons. The Morgan fingerprint density at radius 2 is 1.52 bits per heavy atom.